The van der Waals surface area contributed by atoms with Crippen LogP contribution in [0, 0.1) is 0 Å². The van der Waals surface area contributed by atoms with Crippen molar-refractivity contribution in [1.82, 2.24) is 9.97 Å². The van der Waals surface area contributed by atoms with Crippen LogP contribution in [0.3, 0.4) is 0 Å². The lowest BCUT2D eigenvalue weighted by molar-refractivity contribution is 1.17. The number of nitrogens with two attached hydrogens (primary N) is 1. The summed E-state index contributed by atoms with van der Waals surface area (Å²) in [6.45, 7) is 0. The van der Waals surface area contributed by atoms with Gasteiger partial charge in [0.15, 0.2) is 11.6 Å². The summed E-state index contributed by atoms with van der Waals surface area (Å²) in [6, 6.07) is 12.9. The molecule has 0 unspecified atom stereocenters. The number of hydrogen-bond donors (Lipinski definition) is 3. The second-order valence-electron chi connectivity index (χ2n) is 4.87. The molecular formula is C16H12BrCl2N5. The van der Waals surface area contributed by atoms with Crippen LogP contribution in [0.25, 0.3) is 0 Å². The molecule has 0 saturated heterocycles. The molecule has 5 nitrogen and oxygen atoms in total. The van der Waals surface area contributed by atoms with Gasteiger partial charge < -0.3 is 16.4 Å². The van der Waals surface area contributed by atoms with Crippen molar-refractivity contribution in [2.75, 3.05) is 16.4 Å². The Bertz CT molecular complexity index is 871. The Labute approximate surface area is 157 Å². The molecule has 122 valence electrons. The van der Waals surface area contributed by atoms with Crippen molar-refractivity contribution >= 4 is 67.8 Å². The first-order chi connectivity index (χ1) is 11.5. The summed E-state index contributed by atoms with van der Waals surface area (Å²) in [4.78, 5) is 8.36. The Morgan fingerprint density at radius 2 is 1.42 bits per heavy atom. The van der Waals surface area contributed by atoms with Crippen LogP contribution in [-0.4, -0.2) is 9.97 Å². The highest BCUT2D eigenvalue weighted by Crippen LogP contribution is 2.31. The maximum atomic E-state index is 6.16. The number of nitrogens with zero attached hydrogens (tertiary/aromatic N) is 2. The Balaban J connectivity index is 1.84. The van der Waals surface area contributed by atoms with E-state index in [1.54, 1.807) is 18.2 Å². The first-order valence-electron chi connectivity index (χ1n) is 6.88. The third-order valence-electron chi connectivity index (χ3n) is 3.17. The molecule has 0 amide bonds. The van der Waals surface area contributed by atoms with Crippen LogP contribution >= 0.6 is 39.1 Å². The minimum Gasteiger partial charge on any atom is -0.393 e. The first kappa shape index (κ1) is 16.8. The van der Waals surface area contributed by atoms with E-state index in [0.29, 0.717) is 27.4 Å². The molecule has 0 radical (unpaired) electrons. The smallest absolute Gasteiger partial charge is 0.159 e. The maximum absolute atomic E-state index is 6.16. The van der Waals surface area contributed by atoms with E-state index in [4.69, 9.17) is 28.9 Å². The fourth-order valence-electron chi connectivity index (χ4n) is 1.98. The van der Waals surface area contributed by atoms with Crippen molar-refractivity contribution in [2.24, 2.45) is 0 Å². The minimum absolute atomic E-state index is 0.395. The largest absolute Gasteiger partial charge is 0.393 e. The van der Waals surface area contributed by atoms with Gasteiger partial charge in [-0.1, -0.05) is 39.1 Å². The molecule has 3 rings (SSSR count). The third-order valence-corrected chi connectivity index (χ3v) is 4.44. The van der Waals surface area contributed by atoms with Crippen molar-refractivity contribution in [2.45, 2.75) is 0 Å². The minimum atomic E-state index is 0.395. The highest BCUT2D eigenvalue weighted by molar-refractivity contribution is 9.10. The number of nitrogen functional groups attached to an aromatic ring is 1. The summed E-state index contributed by atoms with van der Waals surface area (Å²) in [6.07, 6.45) is 1.43. The zero-order valence-corrected chi connectivity index (χ0v) is 15.3. The SMILES string of the molecule is Nc1c(Nc2ccc(Br)cc2)ncnc1Nc1ccc(Cl)c(Cl)c1. The van der Waals surface area contributed by atoms with E-state index < -0.39 is 0 Å². The Kier molecular flexibility index (Phi) is 5.08. The molecule has 2 aromatic carbocycles. The third kappa shape index (κ3) is 3.90. The van der Waals surface area contributed by atoms with Gasteiger partial charge in [0, 0.05) is 15.8 Å². The molecule has 8 heteroatoms. The van der Waals surface area contributed by atoms with E-state index in [2.05, 4.69) is 36.5 Å². The molecule has 4 N–H and O–H groups in total. The molecule has 0 aliphatic rings. The Morgan fingerprint density at radius 1 is 0.833 bits per heavy atom. The fourth-order valence-corrected chi connectivity index (χ4v) is 2.54. The number of benzene rings is 2. The molecule has 0 spiro atoms. The monoisotopic (exact) mass is 423 g/mol. The van der Waals surface area contributed by atoms with Crippen LogP contribution in [0.15, 0.2) is 53.3 Å². The summed E-state index contributed by atoms with van der Waals surface area (Å²) in [7, 11) is 0. The molecule has 0 bridgehead atoms. The van der Waals surface area contributed by atoms with Gasteiger partial charge in [0.2, 0.25) is 0 Å². The predicted octanol–water partition coefficient (Wildman–Crippen LogP) is 5.62. The standard InChI is InChI=1S/C16H12BrCl2N5/c17-9-1-3-10(4-2-9)23-15-14(20)16(22-8-21-15)24-11-5-6-12(18)13(19)7-11/h1-8H,20H2,(H2,21,22,23,24). The number of rotatable bonds is 4. The molecule has 0 atom stereocenters. The van der Waals surface area contributed by atoms with Gasteiger partial charge in [0.05, 0.1) is 10.0 Å². The van der Waals surface area contributed by atoms with E-state index in [1.807, 2.05) is 24.3 Å². The molecule has 1 heterocycles. The van der Waals surface area contributed by atoms with Crippen molar-refractivity contribution in [1.29, 1.82) is 0 Å². The average molecular weight is 425 g/mol. The summed E-state index contributed by atoms with van der Waals surface area (Å²) in [5.74, 6) is 0.984. The van der Waals surface area contributed by atoms with Crippen LogP contribution < -0.4 is 16.4 Å². The second-order valence-corrected chi connectivity index (χ2v) is 6.60. The molecule has 0 aliphatic heterocycles. The Morgan fingerprint density at radius 3 is 2.04 bits per heavy atom. The van der Waals surface area contributed by atoms with E-state index in [9.17, 15) is 0 Å². The first-order valence-corrected chi connectivity index (χ1v) is 8.43. The quantitative estimate of drug-likeness (QED) is 0.507. The normalized spacial score (nSPS) is 10.5. The van der Waals surface area contributed by atoms with Crippen LogP contribution in [0.2, 0.25) is 10.0 Å². The summed E-state index contributed by atoms with van der Waals surface area (Å²) in [5.41, 5.74) is 8.14. The average Bonchev–Trinajstić information content (AvgIpc) is 2.57. The van der Waals surface area contributed by atoms with Crippen molar-refractivity contribution in [3.8, 4) is 0 Å². The number of hydrogen-bond acceptors (Lipinski definition) is 5. The van der Waals surface area contributed by atoms with Gasteiger partial charge in [-0.2, -0.15) is 0 Å². The van der Waals surface area contributed by atoms with Gasteiger partial charge >= 0.3 is 0 Å². The van der Waals surface area contributed by atoms with E-state index in [1.165, 1.54) is 6.33 Å². The molecule has 0 aliphatic carbocycles. The van der Waals surface area contributed by atoms with Crippen molar-refractivity contribution in [3.05, 3.63) is 63.3 Å². The van der Waals surface area contributed by atoms with Gasteiger partial charge in [-0.05, 0) is 42.5 Å². The lowest BCUT2D eigenvalue weighted by atomic mass is 10.3. The molecule has 24 heavy (non-hydrogen) atoms. The van der Waals surface area contributed by atoms with Crippen LogP contribution in [-0.2, 0) is 0 Å². The topological polar surface area (TPSA) is 75.9 Å². The number of nitrogens with one attached hydrogen (secondary N) is 2. The number of aromatic nitrogens is 2. The van der Waals surface area contributed by atoms with Gasteiger partial charge in [0.1, 0.15) is 12.0 Å². The van der Waals surface area contributed by atoms with E-state index >= 15 is 0 Å². The molecule has 3 aromatic rings. The Hall–Kier alpha value is -2.02. The fraction of sp³-hybridized carbons (Fsp3) is 0. The molecule has 0 saturated carbocycles. The maximum Gasteiger partial charge on any atom is 0.159 e. The van der Waals surface area contributed by atoms with Gasteiger partial charge in [-0.15, -0.1) is 0 Å². The highest BCUT2D eigenvalue weighted by atomic mass is 79.9. The van der Waals surface area contributed by atoms with Gasteiger partial charge in [-0.25, -0.2) is 9.97 Å². The van der Waals surface area contributed by atoms with Crippen LogP contribution in [0.5, 0.6) is 0 Å². The van der Waals surface area contributed by atoms with E-state index in [0.717, 1.165) is 15.8 Å². The number of anilines is 5. The second kappa shape index (κ2) is 7.25. The lowest BCUT2D eigenvalue weighted by Crippen LogP contribution is -2.05. The highest BCUT2D eigenvalue weighted by Gasteiger charge is 2.09. The molecule has 0 fully saturated rings. The van der Waals surface area contributed by atoms with E-state index in [-0.39, 0.29) is 0 Å². The lowest BCUT2D eigenvalue weighted by Gasteiger charge is -2.13. The number of halogens is 3. The molecular weight excluding hydrogens is 413 g/mol. The molecule has 1 aromatic heterocycles. The van der Waals surface area contributed by atoms with Crippen molar-refractivity contribution in [3.63, 3.8) is 0 Å². The van der Waals surface area contributed by atoms with Gasteiger partial charge in [-0.3, -0.25) is 0 Å². The zero-order chi connectivity index (χ0) is 17.1. The zero-order valence-electron chi connectivity index (χ0n) is 12.2. The predicted molar refractivity (Wildman–Crippen MR) is 104 cm³/mol. The van der Waals surface area contributed by atoms with Gasteiger partial charge in [0.25, 0.3) is 0 Å². The summed E-state index contributed by atoms with van der Waals surface area (Å²) in [5, 5.41) is 7.20. The van der Waals surface area contributed by atoms with Crippen LogP contribution in [0.4, 0.5) is 28.7 Å². The van der Waals surface area contributed by atoms with Crippen molar-refractivity contribution < 1.29 is 0 Å². The summed E-state index contributed by atoms with van der Waals surface area (Å²) >= 11 is 15.3. The van der Waals surface area contributed by atoms with Crippen LogP contribution in [0.1, 0.15) is 0 Å². The summed E-state index contributed by atoms with van der Waals surface area (Å²) < 4.78 is 0.991.